The molecule has 0 aliphatic heterocycles. The van der Waals surface area contributed by atoms with E-state index in [9.17, 15) is 9.59 Å². The van der Waals surface area contributed by atoms with Crippen molar-refractivity contribution in [3.8, 4) is 0 Å². The molecular weight excluding hydrogens is 316 g/mol. The van der Waals surface area contributed by atoms with Crippen LogP contribution in [0.4, 0.5) is 10.5 Å². The van der Waals surface area contributed by atoms with Gasteiger partial charge in [0.15, 0.2) is 0 Å². The monoisotopic (exact) mass is 338 g/mol. The Bertz CT molecular complexity index is 769. The van der Waals surface area contributed by atoms with Crippen LogP contribution in [-0.2, 0) is 35.3 Å². The first-order valence-electron chi connectivity index (χ1n) is 8.45. The smallest absolute Gasteiger partial charge is 0.411 e. The van der Waals surface area contributed by atoms with Crippen molar-refractivity contribution >= 4 is 17.7 Å². The van der Waals surface area contributed by atoms with Crippen molar-refractivity contribution in [3.63, 3.8) is 0 Å². The van der Waals surface area contributed by atoms with Gasteiger partial charge in [0, 0.05) is 12.2 Å². The zero-order valence-corrected chi connectivity index (χ0v) is 14.3. The number of anilines is 1. The number of benzene rings is 2. The molecule has 2 N–H and O–H groups in total. The van der Waals surface area contributed by atoms with Crippen molar-refractivity contribution in [1.29, 1.82) is 0 Å². The molecule has 25 heavy (non-hydrogen) atoms. The normalized spacial score (nSPS) is 12.4. The number of carbonyl (C=O) groups excluding carboxylic acids is 2. The molecule has 0 unspecified atom stereocenters. The summed E-state index contributed by atoms with van der Waals surface area (Å²) < 4.78 is 4.54. The van der Waals surface area contributed by atoms with Crippen molar-refractivity contribution in [2.24, 2.45) is 0 Å². The lowest BCUT2D eigenvalue weighted by atomic mass is 10.0. The minimum absolute atomic E-state index is 0.00899. The highest BCUT2D eigenvalue weighted by Gasteiger charge is 2.12. The van der Waals surface area contributed by atoms with Crippen LogP contribution in [0.15, 0.2) is 42.5 Å². The summed E-state index contributed by atoms with van der Waals surface area (Å²) in [6.45, 7) is 0.461. The number of nitrogens with one attached hydrogen (secondary N) is 2. The molecule has 0 fully saturated rings. The van der Waals surface area contributed by atoms with Crippen LogP contribution in [-0.4, -0.2) is 19.1 Å². The van der Waals surface area contributed by atoms with Crippen molar-refractivity contribution in [2.75, 3.05) is 12.4 Å². The molecular formula is C20H22N2O3. The van der Waals surface area contributed by atoms with Gasteiger partial charge in [0.25, 0.3) is 0 Å². The van der Waals surface area contributed by atoms with Gasteiger partial charge in [0.1, 0.15) is 0 Å². The maximum Gasteiger partial charge on any atom is 0.411 e. The number of amides is 2. The Kier molecular flexibility index (Phi) is 5.33. The third kappa shape index (κ3) is 4.59. The van der Waals surface area contributed by atoms with Gasteiger partial charge >= 0.3 is 6.09 Å². The van der Waals surface area contributed by atoms with Gasteiger partial charge in [0.2, 0.25) is 5.91 Å². The van der Waals surface area contributed by atoms with Crippen molar-refractivity contribution < 1.29 is 14.3 Å². The number of hydrogen-bond acceptors (Lipinski definition) is 3. The van der Waals surface area contributed by atoms with Gasteiger partial charge in [-0.05, 0) is 53.6 Å². The van der Waals surface area contributed by atoms with Crippen LogP contribution in [0.3, 0.4) is 0 Å². The van der Waals surface area contributed by atoms with Crippen molar-refractivity contribution in [1.82, 2.24) is 5.32 Å². The van der Waals surface area contributed by atoms with E-state index >= 15 is 0 Å². The predicted octanol–water partition coefficient (Wildman–Crippen LogP) is 3.21. The maximum absolute atomic E-state index is 12.2. The summed E-state index contributed by atoms with van der Waals surface area (Å²) in [5, 5.41) is 5.52. The van der Waals surface area contributed by atoms with E-state index in [0.717, 1.165) is 24.0 Å². The van der Waals surface area contributed by atoms with E-state index in [4.69, 9.17) is 0 Å². The molecule has 0 spiro atoms. The molecule has 0 atom stereocenters. The summed E-state index contributed by atoms with van der Waals surface area (Å²) in [5.41, 5.74) is 5.50. The van der Waals surface area contributed by atoms with Gasteiger partial charge in [-0.1, -0.05) is 30.3 Å². The van der Waals surface area contributed by atoms with E-state index in [-0.39, 0.29) is 5.91 Å². The van der Waals surface area contributed by atoms with Crippen LogP contribution in [0.25, 0.3) is 0 Å². The highest BCUT2D eigenvalue weighted by atomic mass is 16.5. The number of fused-ring (bicyclic) bond motifs is 1. The Morgan fingerprint density at radius 3 is 2.48 bits per heavy atom. The maximum atomic E-state index is 12.2. The fourth-order valence-corrected chi connectivity index (χ4v) is 3.06. The highest BCUT2D eigenvalue weighted by molar-refractivity contribution is 5.84. The number of hydrogen-bond donors (Lipinski definition) is 2. The lowest BCUT2D eigenvalue weighted by molar-refractivity contribution is -0.120. The standard InChI is InChI=1S/C20H22N2O3/c1-25-20(24)22-18-9-6-14(7-10-18)13-21-19(23)12-15-5-8-16-3-2-4-17(16)11-15/h5-11H,2-4,12-13H2,1H3,(H,21,23)(H,22,24). The molecule has 130 valence electrons. The molecule has 0 radical (unpaired) electrons. The van der Waals surface area contributed by atoms with Crippen LogP contribution < -0.4 is 10.6 Å². The minimum atomic E-state index is -0.504. The topological polar surface area (TPSA) is 67.4 Å². The molecule has 0 aromatic heterocycles. The average molecular weight is 338 g/mol. The molecule has 5 nitrogen and oxygen atoms in total. The zero-order chi connectivity index (χ0) is 17.6. The van der Waals surface area contributed by atoms with Gasteiger partial charge in [-0.25, -0.2) is 4.79 Å². The third-order valence-corrected chi connectivity index (χ3v) is 4.40. The fourth-order valence-electron chi connectivity index (χ4n) is 3.06. The molecule has 2 aromatic rings. The lowest BCUT2D eigenvalue weighted by Gasteiger charge is -2.08. The van der Waals surface area contributed by atoms with E-state index in [1.54, 1.807) is 12.1 Å². The number of ether oxygens (including phenoxy) is 1. The summed E-state index contributed by atoms with van der Waals surface area (Å²) in [5.74, 6) is 0.00899. The first kappa shape index (κ1) is 17.0. The summed E-state index contributed by atoms with van der Waals surface area (Å²) in [4.78, 5) is 23.3. The molecule has 0 heterocycles. The minimum Gasteiger partial charge on any atom is -0.453 e. The Balaban J connectivity index is 1.49. The quantitative estimate of drug-likeness (QED) is 0.880. The summed E-state index contributed by atoms with van der Waals surface area (Å²) in [7, 11) is 1.32. The SMILES string of the molecule is COC(=O)Nc1ccc(CNC(=O)Cc2ccc3c(c2)CCC3)cc1. The summed E-state index contributed by atoms with van der Waals surface area (Å²) in [6, 6.07) is 13.6. The number of carbonyl (C=O) groups is 2. The Hall–Kier alpha value is -2.82. The number of aryl methyl sites for hydroxylation is 2. The van der Waals surface area contributed by atoms with E-state index in [0.29, 0.717) is 18.7 Å². The van der Waals surface area contributed by atoms with Gasteiger partial charge in [-0.3, -0.25) is 10.1 Å². The second-order valence-electron chi connectivity index (χ2n) is 6.22. The zero-order valence-electron chi connectivity index (χ0n) is 14.3. The van der Waals surface area contributed by atoms with Crippen LogP contribution in [0, 0.1) is 0 Å². The molecule has 0 saturated heterocycles. The number of rotatable bonds is 5. The van der Waals surface area contributed by atoms with Crippen LogP contribution in [0.5, 0.6) is 0 Å². The molecule has 0 saturated carbocycles. The second kappa shape index (κ2) is 7.83. The molecule has 2 amide bonds. The lowest BCUT2D eigenvalue weighted by Crippen LogP contribution is -2.24. The first-order chi connectivity index (χ1) is 12.1. The Morgan fingerprint density at radius 1 is 1.00 bits per heavy atom. The summed E-state index contributed by atoms with van der Waals surface area (Å²) in [6.07, 6.45) is 3.39. The predicted molar refractivity (Wildman–Crippen MR) is 96.5 cm³/mol. The van der Waals surface area contributed by atoms with Gasteiger partial charge in [-0.2, -0.15) is 0 Å². The molecule has 5 heteroatoms. The van der Waals surface area contributed by atoms with E-state index in [2.05, 4.69) is 33.6 Å². The van der Waals surface area contributed by atoms with Crippen LogP contribution >= 0.6 is 0 Å². The van der Waals surface area contributed by atoms with Crippen LogP contribution in [0.1, 0.15) is 28.7 Å². The van der Waals surface area contributed by atoms with Crippen molar-refractivity contribution in [3.05, 3.63) is 64.7 Å². The number of methoxy groups -OCH3 is 1. The van der Waals surface area contributed by atoms with Gasteiger partial charge < -0.3 is 10.1 Å². The molecule has 0 bridgehead atoms. The van der Waals surface area contributed by atoms with Gasteiger partial charge in [0.05, 0.1) is 13.5 Å². The molecule has 1 aliphatic carbocycles. The second-order valence-corrected chi connectivity index (χ2v) is 6.22. The molecule has 3 rings (SSSR count). The Morgan fingerprint density at radius 2 is 1.72 bits per heavy atom. The van der Waals surface area contributed by atoms with Crippen LogP contribution in [0.2, 0.25) is 0 Å². The van der Waals surface area contributed by atoms with E-state index < -0.39 is 6.09 Å². The molecule has 2 aromatic carbocycles. The fraction of sp³-hybridized carbons (Fsp3) is 0.300. The van der Waals surface area contributed by atoms with E-state index in [1.165, 1.54) is 24.7 Å². The third-order valence-electron chi connectivity index (χ3n) is 4.40. The highest BCUT2D eigenvalue weighted by Crippen LogP contribution is 2.23. The Labute approximate surface area is 147 Å². The summed E-state index contributed by atoms with van der Waals surface area (Å²) >= 11 is 0. The average Bonchev–Trinajstić information content (AvgIpc) is 3.09. The first-order valence-corrected chi connectivity index (χ1v) is 8.45. The van der Waals surface area contributed by atoms with E-state index in [1.807, 2.05) is 12.1 Å². The largest absolute Gasteiger partial charge is 0.453 e. The molecule has 1 aliphatic rings. The van der Waals surface area contributed by atoms with Crippen molar-refractivity contribution in [2.45, 2.75) is 32.2 Å². The van der Waals surface area contributed by atoms with Gasteiger partial charge in [-0.15, -0.1) is 0 Å².